The van der Waals surface area contributed by atoms with Crippen LogP contribution in [0.2, 0.25) is 0 Å². The van der Waals surface area contributed by atoms with E-state index in [4.69, 9.17) is 17.2 Å². The van der Waals surface area contributed by atoms with Gasteiger partial charge < -0.3 is 38.3 Å². The fraction of sp³-hybridized carbons (Fsp3) is 0.789. The number of aliphatic carboxylic acids is 1. The lowest BCUT2D eigenvalue weighted by atomic mass is 10.1. The summed E-state index contributed by atoms with van der Waals surface area (Å²) in [6, 6.07) is -2.85. The number of nitrogens with one attached hydrogen (secondary N) is 3. The molecule has 0 radical (unpaired) electrons. The Morgan fingerprint density at radius 1 is 0.774 bits per heavy atom. The van der Waals surface area contributed by atoms with Crippen LogP contribution in [-0.4, -0.2) is 78.6 Å². The molecule has 0 aliphatic carbocycles. The smallest absolute Gasteiger partial charge is 0.326 e. The normalized spacial score (nSPS) is 13.7. The average molecular weight is 463 g/mol. The Hall–Kier alpha value is -1.89. The van der Waals surface area contributed by atoms with Gasteiger partial charge in [-0.15, -0.1) is 0 Å². The molecule has 180 valence electrons. The molecule has 31 heavy (non-hydrogen) atoms. The summed E-state index contributed by atoms with van der Waals surface area (Å²) in [6.45, 7) is 0.610. The van der Waals surface area contributed by atoms with E-state index < -0.39 is 41.8 Å². The van der Waals surface area contributed by atoms with Crippen LogP contribution in [0.5, 0.6) is 0 Å². The minimum Gasteiger partial charge on any atom is -0.480 e. The summed E-state index contributed by atoms with van der Waals surface area (Å²) in [5, 5.41) is 17.1. The van der Waals surface area contributed by atoms with E-state index in [9.17, 15) is 24.3 Å². The molecule has 0 aliphatic rings. The molecule has 12 heteroatoms. The molecule has 11 nitrogen and oxygen atoms in total. The van der Waals surface area contributed by atoms with E-state index in [1.165, 1.54) is 11.8 Å². The summed E-state index contributed by atoms with van der Waals surface area (Å²) in [6.07, 6.45) is 5.21. The van der Waals surface area contributed by atoms with Gasteiger partial charge in [-0.25, -0.2) is 4.79 Å². The first-order valence-electron chi connectivity index (χ1n) is 10.5. The molecule has 0 aliphatic heterocycles. The van der Waals surface area contributed by atoms with E-state index in [2.05, 4.69) is 16.0 Å². The number of unbranched alkanes of at least 4 members (excludes halogenated alkanes) is 2. The van der Waals surface area contributed by atoms with E-state index in [0.29, 0.717) is 57.4 Å². The third kappa shape index (κ3) is 13.2. The summed E-state index contributed by atoms with van der Waals surface area (Å²) in [4.78, 5) is 48.7. The van der Waals surface area contributed by atoms with Crippen LogP contribution in [0.3, 0.4) is 0 Å². The van der Waals surface area contributed by atoms with Gasteiger partial charge in [-0.05, 0) is 70.0 Å². The fourth-order valence-electron chi connectivity index (χ4n) is 2.81. The zero-order chi connectivity index (χ0) is 23.6. The Morgan fingerprint density at radius 2 is 1.26 bits per heavy atom. The number of rotatable bonds is 18. The van der Waals surface area contributed by atoms with Crippen LogP contribution < -0.4 is 33.2 Å². The maximum absolute atomic E-state index is 12.8. The summed E-state index contributed by atoms with van der Waals surface area (Å²) in [7, 11) is 0. The van der Waals surface area contributed by atoms with E-state index in [0.717, 1.165) is 0 Å². The van der Waals surface area contributed by atoms with Crippen molar-refractivity contribution in [3.63, 3.8) is 0 Å². The van der Waals surface area contributed by atoms with Gasteiger partial charge in [0.1, 0.15) is 18.1 Å². The van der Waals surface area contributed by atoms with Crippen LogP contribution in [0.1, 0.15) is 44.9 Å². The molecule has 0 rings (SSSR count). The Balaban J connectivity index is 5.25. The number of carbonyl (C=O) groups is 4. The molecular formula is C19H38N6O5S. The lowest BCUT2D eigenvalue weighted by Gasteiger charge is -2.24. The summed E-state index contributed by atoms with van der Waals surface area (Å²) >= 11 is 1.52. The highest BCUT2D eigenvalue weighted by molar-refractivity contribution is 7.98. The standard InChI is InChI=1S/C19H38N6O5S/c1-31-11-8-14(23-16(26)12-22)18(28)24-13(6-2-4-9-20)17(27)25-15(19(29)30)7-3-5-10-21/h13-15H,2-12,20-22H2,1H3,(H,23,26)(H,24,28)(H,25,27)(H,29,30). The molecule has 0 saturated heterocycles. The predicted octanol–water partition coefficient (Wildman–Crippen LogP) is -1.50. The highest BCUT2D eigenvalue weighted by Gasteiger charge is 2.28. The Bertz CT molecular complexity index is 566. The molecule has 3 amide bonds. The molecule has 3 unspecified atom stereocenters. The van der Waals surface area contributed by atoms with Gasteiger partial charge in [0.25, 0.3) is 0 Å². The molecule has 0 aromatic heterocycles. The number of carboxylic acids is 1. The van der Waals surface area contributed by atoms with Crippen molar-refractivity contribution in [1.29, 1.82) is 0 Å². The van der Waals surface area contributed by atoms with Gasteiger partial charge in [0.05, 0.1) is 6.54 Å². The lowest BCUT2D eigenvalue weighted by molar-refractivity contribution is -0.142. The second-order valence-electron chi connectivity index (χ2n) is 7.14. The van der Waals surface area contributed by atoms with E-state index >= 15 is 0 Å². The van der Waals surface area contributed by atoms with Gasteiger partial charge >= 0.3 is 5.97 Å². The molecule has 0 aromatic rings. The van der Waals surface area contributed by atoms with Crippen molar-refractivity contribution in [2.24, 2.45) is 17.2 Å². The van der Waals surface area contributed by atoms with Crippen molar-refractivity contribution < 1.29 is 24.3 Å². The van der Waals surface area contributed by atoms with Crippen molar-refractivity contribution in [1.82, 2.24) is 16.0 Å². The van der Waals surface area contributed by atoms with Gasteiger partial charge in [0.2, 0.25) is 17.7 Å². The third-order valence-corrected chi connectivity index (χ3v) is 5.23. The van der Waals surface area contributed by atoms with Gasteiger partial charge in [0, 0.05) is 0 Å². The topological polar surface area (TPSA) is 203 Å². The Labute approximate surface area is 188 Å². The number of hydrogen-bond donors (Lipinski definition) is 7. The SMILES string of the molecule is CSCCC(NC(=O)CN)C(=O)NC(CCCCN)C(=O)NC(CCCCN)C(=O)O. The summed E-state index contributed by atoms with van der Waals surface area (Å²) in [5.74, 6) is -2.10. The summed E-state index contributed by atoms with van der Waals surface area (Å²) < 4.78 is 0. The van der Waals surface area contributed by atoms with Gasteiger partial charge in [0.15, 0.2) is 0 Å². The van der Waals surface area contributed by atoms with E-state index in [1.54, 1.807) is 0 Å². The predicted molar refractivity (Wildman–Crippen MR) is 121 cm³/mol. The molecule has 0 spiro atoms. The van der Waals surface area contributed by atoms with Crippen molar-refractivity contribution in [2.45, 2.75) is 63.1 Å². The van der Waals surface area contributed by atoms with Crippen LogP contribution in [0.25, 0.3) is 0 Å². The highest BCUT2D eigenvalue weighted by Crippen LogP contribution is 2.07. The highest BCUT2D eigenvalue weighted by atomic mass is 32.2. The molecule has 0 saturated carbocycles. The van der Waals surface area contributed by atoms with Gasteiger partial charge in [-0.2, -0.15) is 11.8 Å². The second-order valence-corrected chi connectivity index (χ2v) is 8.12. The first-order valence-corrected chi connectivity index (χ1v) is 11.9. The maximum atomic E-state index is 12.8. The number of hydrogen-bond acceptors (Lipinski definition) is 8. The molecule has 0 fully saturated rings. The van der Waals surface area contributed by atoms with Gasteiger partial charge in [-0.3, -0.25) is 14.4 Å². The second kappa shape index (κ2) is 17.8. The largest absolute Gasteiger partial charge is 0.480 e. The first-order chi connectivity index (χ1) is 14.8. The molecule has 0 heterocycles. The lowest BCUT2D eigenvalue weighted by Crippen LogP contribution is -2.56. The van der Waals surface area contributed by atoms with Crippen molar-refractivity contribution in [2.75, 3.05) is 31.6 Å². The average Bonchev–Trinajstić information content (AvgIpc) is 2.74. The molecular weight excluding hydrogens is 424 g/mol. The molecule has 0 bridgehead atoms. The molecule has 0 aromatic carbocycles. The van der Waals surface area contributed by atoms with Crippen LogP contribution in [-0.2, 0) is 19.2 Å². The zero-order valence-electron chi connectivity index (χ0n) is 18.2. The monoisotopic (exact) mass is 462 g/mol. The summed E-state index contributed by atoms with van der Waals surface area (Å²) in [5.41, 5.74) is 16.3. The molecule has 10 N–H and O–H groups in total. The van der Waals surface area contributed by atoms with E-state index in [1.807, 2.05) is 6.26 Å². The van der Waals surface area contributed by atoms with Crippen LogP contribution in [0.15, 0.2) is 0 Å². The van der Waals surface area contributed by atoms with Crippen LogP contribution in [0.4, 0.5) is 0 Å². The molecule has 3 atom stereocenters. The quantitative estimate of drug-likeness (QED) is 0.118. The van der Waals surface area contributed by atoms with Crippen molar-refractivity contribution in [3.05, 3.63) is 0 Å². The van der Waals surface area contributed by atoms with E-state index in [-0.39, 0.29) is 13.0 Å². The van der Waals surface area contributed by atoms with Crippen LogP contribution >= 0.6 is 11.8 Å². The third-order valence-electron chi connectivity index (χ3n) is 4.59. The number of carboxylic acid groups (broad SMARTS) is 1. The van der Waals surface area contributed by atoms with Crippen molar-refractivity contribution >= 4 is 35.5 Å². The minimum absolute atomic E-state index is 0.241. The van der Waals surface area contributed by atoms with Crippen molar-refractivity contribution in [3.8, 4) is 0 Å². The number of nitrogens with two attached hydrogens (primary N) is 3. The zero-order valence-corrected chi connectivity index (χ0v) is 19.0. The van der Waals surface area contributed by atoms with Crippen LogP contribution in [0, 0.1) is 0 Å². The number of amides is 3. The van der Waals surface area contributed by atoms with Gasteiger partial charge in [-0.1, -0.05) is 0 Å². The maximum Gasteiger partial charge on any atom is 0.326 e. The Morgan fingerprint density at radius 3 is 1.71 bits per heavy atom. The first kappa shape index (κ1) is 29.1. The minimum atomic E-state index is -1.15. The number of carbonyl (C=O) groups excluding carboxylic acids is 3. The fourth-order valence-corrected chi connectivity index (χ4v) is 3.29. The Kier molecular flexibility index (Phi) is 16.7. The number of thioether (sulfide) groups is 1.